The molecule has 1 saturated carbocycles. The topological polar surface area (TPSA) is 195 Å². The summed E-state index contributed by atoms with van der Waals surface area (Å²) >= 11 is 0. The third-order valence-electron chi connectivity index (χ3n) is 14.9. The molecule has 0 aromatic heterocycles. The average molecular weight is 898 g/mol. The van der Waals surface area contributed by atoms with Crippen molar-refractivity contribution in [3.63, 3.8) is 0 Å². The van der Waals surface area contributed by atoms with Gasteiger partial charge in [0.1, 0.15) is 30.1 Å². The van der Waals surface area contributed by atoms with E-state index in [1.807, 2.05) is 51.2 Å². The number of piperidine rings is 1. The van der Waals surface area contributed by atoms with E-state index >= 15 is 0 Å². The van der Waals surface area contributed by atoms with Crippen molar-refractivity contribution < 1.29 is 63.0 Å². The molecule has 1 aliphatic carbocycles. The maximum absolute atomic E-state index is 14.4. The van der Waals surface area contributed by atoms with Gasteiger partial charge >= 0.3 is 5.97 Å². The molecule has 1 amide bonds. The first kappa shape index (κ1) is 51.6. The summed E-state index contributed by atoms with van der Waals surface area (Å²) in [6, 6.07) is -1.12. The van der Waals surface area contributed by atoms with E-state index in [-0.39, 0.29) is 42.5 Å². The van der Waals surface area contributed by atoms with Crippen molar-refractivity contribution in [1.82, 2.24) is 4.90 Å². The van der Waals surface area contributed by atoms with Crippen LogP contribution >= 0.6 is 0 Å². The van der Waals surface area contributed by atoms with Gasteiger partial charge in [-0.2, -0.15) is 0 Å². The fourth-order valence-corrected chi connectivity index (χ4v) is 10.9. The number of Topliss-reactive ketones (excluding diaryl/α,β-unsaturated/α-hetero) is 3. The Balaban J connectivity index is 1.51. The van der Waals surface area contributed by atoms with E-state index in [4.69, 9.17) is 23.7 Å². The molecule has 14 heteroatoms. The molecule has 0 aromatic rings. The lowest BCUT2D eigenvalue weighted by molar-refractivity contribution is -0.266. The van der Waals surface area contributed by atoms with Crippen molar-refractivity contribution in [3.05, 3.63) is 47.6 Å². The smallest absolute Gasteiger partial charge is 0.329 e. The minimum Gasteiger partial charge on any atom is -0.460 e. The van der Waals surface area contributed by atoms with E-state index in [9.17, 15) is 39.3 Å². The van der Waals surface area contributed by atoms with Gasteiger partial charge < -0.3 is 43.9 Å². The number of nitrogens with zero attached hydrogens (tertiary/aromatic N) is 1. The summed E-state index contributed by atoms with van der Waals surface area (Å²) in [4.78, 5) is 72.0. The Kier molecular flexibility index (Phi) is 18.5. The number of hydrogen-bond donors (Lipinski definition) is 3. The van der Waals surface area contributed by atoms with Crippen LogP contribution in [0.15, 0.2) is 47.6 Å². The van der Waals surface area contributed by atoms with Gasteiger partial charge in [0.2, 0.25) is 5.79 Å². The largest absolute Gasteiger partial charge is 0.460 e. The number of ether oxygens (including phenoxy) is 5. The first-order valence-corrected chi connectivity index (χ1v) is 23.5. The maximum atomic E-state index is 14.4. The molecule has 4 bridgehead atoms. The number of hydrogen-bond acceptors (Lipinski definition) is 13. The van der Waals surface area contributed by atoms with Gasteiger partial charge in [0.25, 0.3) is 11.7 Å². The lowest BCUT2D eigenvalue weighted by atomic mass is 9.68. The third kappa shape index (κ3) is 12.0. The number of methoxy groups -OCH3 is 3. The third-order valence-corrected chi connectivity index (χ3v) is 14.9. The molecule has 2 unspecified atom stereocenters. The molecule has 0 aromatic carbocycles. The number of aliphatic hydroxyl groups excluding tert-OH is 2. The Hall–Kier alpha value is -3.37. The number of esters is 1. The second-order valence-corrected chi connectivity index (χ2v) is 19.5. The van der Waals surface area contributed by atoms with E-state index in [1.165, 1.54) is 12.0 Å². The standard InChI is InChI=1S/C50H75NO13/c1-28-14-11-10-12-15-29(2)40(60-7)26-35-19-17-33(6)50(59,64-35)47(56)48(57)51-21-13-16-36-37(24-34-18-20-38(52)42(25-34)61-8)41(63-49(58)43(36)51)27-39(53)30(3)23-32(5)45(55)46(62-9)44(54)31(4)22-28/h10-12,14-15,23,28,30-31,33-38,40-43,45-46,52,55,59H,13,16-22,24-27H2,1-9H3/b12-10+,14-11+,29-15?,32-23+/t28-,30-,31-,33-,34+,35+,36-,37?,38?,40+,41+,42-,43+,45-,46+,50-/m1/s1. The van der Waals surface area contributed by atoms with Gasteiger partial charge in [0, 0.05) is 64.4 Å². The Bertz CT molecular complexity index is 1790. The molecule has 3 saturated heterocycles. The molecule has 4 fully saturated rings. The van der Waals surface area contributed by atoms with Crippen LogP contribution in [0.4, 0.5) is 0 Å². The molecular weight excluding hydrogens is 823 g/mol. The number of carbonyl (C=O) groups is 5. The zero-order valence-corrected chi connectivity index (χ0v) is 39.5. The summed E-state index contributed by atoms with van der Waals surface area (Å²) in [7, 11) is 4.52. The van der Waals surface area contributed by atoms with Crippen molar-refractivity contribution in [1.29, 1.82) is 0 Å². The van der Waals surface area contributed by atoms with Crippen LogP contribution in [-0.4, -0.2) is 132 Å². The second-order valence-electron chi connectivity index (χ2n) is 19.5. The number of aliphatic hydroxyl groups is 3. The zero-order chi connectivity index (χ0) is 47.0. The van der Waals surface area contributed by atoms with Crippen LogP contribution in [0.25, 0.3) is 0 Å². The highest BCUT2D eigenvalue weighted by Gasteiger charge is 2.57. The first-order valence-electron chi connectivity index (χ1n) is 23.5. The van der Waals surface area contributed by atoms with Crippen molar-refractivity contribution >= 4 is 29.2 Å². The zero-order valence-electron chi connectivity index (χ0n) is 39.5. The van der Waals surface area contributed by atoms with Gasteiger partial charge in [0.05, 0.1) is 24.4 Å². The fourth-order valence-electron chi connectivity index (χ4n) is 10.9. The summed E-state index contributed by atoms with van der Waals surface area (Å²) in [6.45, 7) is 10.9. The molecule has 358 valence electrons. The van der Waals surface area contributed by atoms with Crippen LogP contribution in [0.1, 0.15) is 112 Å². The van der Waals surface area contributed by atoms with Crippen LogP contribution < -0.4 is 0 Å². The van der Waals surface area contributed by atoms with Crippen LogP contribution in [0.3, 0.4) is 0 Å². The van der Waals surface area contributed by atoms with Gasteiger partial charge in [-0.3, -0.25) is 19.2 Å². The lowest BCUT2D eigenvalue weighted by Gasteiger charge is -2.50. The quantitative estimate of drug-likeness (QED) is 0.181. The molecule has 16 atom stereocenters. The average Bonchev–Trinajstić information content (AvgIpc) is 3.27. The second kappa shape index (κ2) is 22.9. The molecule has 4 aliphatic heterocycles. The van der Waals surface area contributed by atoms with Crippen molar-refractivity contribution in [3.8, 4) is 0 Å². The minimum atomic E-state index is -2.43. The molecule has 0 radical (unpaired) electrons. The van der Waals surface area contributed by atoms with Gasteiger partial charge in [-0.25, -0.2) is 4.79 Å². The summed E-state index contributed by atoms with van der Waals surface area (Å²) in [5.74, 6) is -8.43. The number of allylic oxidation sites excluding steroid dienone is 6. The first-order chi connectivity index (χ1) is 30.3. The van der Waals surface area contributed by atoms with E-state index < -0.39 is 95.7 Å². The summed E-state index contributed by atoms with van der Waals surface area (Å²) < 4.78 is 29.4. The Morgan fingerprint density at radius 1 is 0.844 bits per heavy atom. The van der Waals surface area contributed by atoms with Crippen LogP contribution in [0, 0.1) is 41.4 Å². The Morgan fingerprint density at radius 2 is 1.58 bits per heavy atom. The predicted octanol–water partition coefficient (Wildman–Crippen LogP) is 5.40. The molecule has 5 aliphatic rings. The number of carbonyl (C=O) groups excluding carboxylic acids is 5. The van der Waals surface area contributed by atoms with E-state index in [2.05, 4.69) is 0 Å². The van der Waals surface area contributed by atoms with Crippen LogP contribution in [-0.2, 0) is 47.7 Å². The molecule has 5 rings (SSSR count). The summed E-state index contributed by atoms with van der Waals surface area (Å²) in [5, 5.41) is 34.1. The van der Waals surface area contributed by atoms with Gasteiger partial charge in [-0.05, 0) is 101 Å². The van der Waals surface area contributed by atoms with Gasteiger partial charge in [0.15, 0.2) is 5.78 Å². The molecular formula is C50H75NO13. The number of amides is 1. The van der Waals surface area contributed by atoms with Crippen LogP contribution in [0.2, 0.25) is 0 Å². The molecule has 3 N–H and O–H groups in total. The van der Waals surface area contributed by atoms with Crippen molar-refractivity contribution in [2.24, 2.45) is 41.4 Å². The Labute approximate surface area is 379 Å². The summed E-state index contributed by atoms with van der Waals surface area (Å²) in [5.41, 5.74) is 1.28. The number of fused-ring (bicyclic) bond motifs is 4. The highest BCUT2D eigenvalue weighted by atomic mass is 16.6. The van der Waals surface area contributed by atoms with Crippen molar-refractivity contribution in [2.45, 2.75) is 167 Å². The monoisotopic (exact) mass is 898 g/mol. The fraction of sp³-hybridized carbons (Fsp3) is 0.740. The SMILES string of the molecule is CO[C@H]1C[C@@H]2CC[C@@H](C)[C@@](O)(O2)C(=O)C(=O)N2CCC[C@@H]3C(C[C@@H]4CCC(O)[C@H](OC)C4)[C@H](CC(=O)[C@H](C)/C=C(\C)[C@@H](O)[C@@H](OC)C(=O)[C@H](C)C[C@H](C)/C=C/C=C/C=C1C)OC(=O)[C@H]32. The lowest BCUT2D eigenvalue weighted by Crippen LogP contribution is -2.65. The molecule has 14 nitrogen and oxygen atoms in total. The minimum absolute atomic E-state index is 0.0231. The highest BCUT2D eigenvalue weighted by Crippen LogP contribution is 2.45. The molecule has 64 heavy (non-hydrogen) atoms. The normalized spacial score (nSPS) is 42.3. The number of rotatable bonds is 5. The maximum Gasteiger partial charge on any atom is 0.329 e. The van der Waals surface area contributed by atoms with Crippen molar-refractivity contribution in [2.75, 3.05) is 27.9 Å². The van der Waals surface area contributed by atoms with E-state index in [0.717, 1.165) is 5.57 Å². The van der Waals surface area contributed by atoms with Gasteiger partial charge in [-0.15, -0.1) is 0 Å². The predicted molar refractivity (Wildman–Crippen MR) is 238 cm³/mol. The molecule has 0 spiro atoms. The number of ketones is 3. The van der Waals surface area contributed by atoms with Gasteiger partial charge in [-0.1, -0.05) is 64.2 Å². The molecule has 4 heterocycles. The summed E-state index contributed by atoms with van der Waals surface area (Å²) in [6.07, 6.45) is 10.8. The Morgan fingerprint density at radius 3 is 2.27 bits per heavy atom. The van der Waals surface area contributed by atoms with Crippen LogP contribution in [0.5, 0.6) is 0 Å². The highest BCUT2D eigenvalue weighted by molar-refractivity contribution is 6.39. The van der Waals surface area contributed by atoms with E-state index in [0.29, 0.717) is 69.8 Å². The van der Waals surface area contributed by atoms with E-state index in [1.54, 1.807) is 41.1 Å².